The quantitative estimate of drug-likeness (QED) is 0.674. The number of hydrogen-bond acceptors (Lipinski definition) is 5. The predicted octanol–water partition coefficient (Wildman–Crippen LogP) is 3.35. The summed E-state index contributed by atoms with van der Waals surface area (Å²) in [7, 11) is 0. The Morgan fingerprint density at radius 1 is 1.21 bits per heavy atom. The molecule has 1 N–H and O–H groups in total. The van der Waals surface area contributed by atoms with E-state index in [-0.39, 0.29) is 10.6 Å². The van der Waals surface area contributed by atoms with Crippen LogP contribution in [-0.4, -0.2) is 31.2 Å². The van der Waals surface area contributed by atoms with Crippen LogP contribution in [0.25, 0.3) is 0 Å². The van der Waals surface area contributed by atoms with Crippen molar-refractivity contribution in [2.75, 3.05) is 36.5 Å². The highest BCUT2D eigenvalue weighted by atomic mass is 16.6. The number of ether oxygens (including phenoxy) is 1. The van der Waals surface area contributed by atoms with Crippen LogP contribution >= 0.6 is 0 Å². The fourth-order valence-corrected chi connectivity index (χ4v) is 2.86. The second kappa shape index (κ2) is 7.31. The summed E-state index contributed by atoms with van der Waals surface area (Å²) in [4.78, 5) is 13.2. The molecular formula is C18H21N3O3. The summed E-state index contributed by atoms with van der Waals surface area (Å²) < 4.78 is 5.32. The number of rotatable bonds is 5. The lowest BCUT2D eigenvalue weighted by Gasteiger charge is -2.28. The summed E-state index contributed by atoms with van der Waals surface area (Å²) in [6.07, 6.45) is 0. The lowest BCUT2D eigenvalue weighted by molar-refractivity contribution is -0.384. The standard InChI is InChI=1S/C18H21N3O3/c1-14-3-2-4-16(11-14)19-13-15-5-6-17(18(12-15)21(22)23)20-7-9-24-10-8-20/h2-6,11-12,19H,7-10,13H2,1H3. The van der Waals surface area contributed by atoms with Crippen LogP contribution in [0, 0.1) is 17.0 Å². The Hall–Kier alpha value is -2.60. The van der Waals surface area contributed by atoms with Crippen molar-refractivity contribution in [3.05, 3.63) is 63.7 Å². The lowest BCUT2D eigenvalue weighted by atomic mass is 10.1. The van der Waals surface area contributed by atoms with Gasteiger partial charge in [-0.05, 0) is 36.2 Å². The maximum Gasteiger partial charge on any atom is 0.292 e. The SMILES string of the molecule is Cc1cccc(NCc2ccc(N3CCOCC3)c([N+](=O)[O-])c2)c1. The Labute approximate surface area is 141 Å². The number of nitro benzene ring substituents is 1. The van der Waals surface area contributed by atoms with E-state index in [1.807, 2.05) is 42.2 Å². The minimum Gasteiger partial charge on any atom is -0.381 e. The maximum absolute atomic E-state index is 11.5. The van der Waals surface area contributed by atoms with Crippen molar-refractivity contribution >= 4 is 17.1 Å². The van der Waals surface area contributed by atoms with Crippen molar-refractivity contribution in [3.63, 3.8) is 0 Å². The summed E-state index contributed by atoms with van der Waals surface area (Å²) >= 11 is 0. The van der Waals surface area contributed by atoms with E-state index in [1.54, 1.807) is 6.07 Å². The highest BCUT2D eigenvalue weighted by molar-refractivity contribution is 5.65. The molecular weight excluding hydrogens is 306 g/mol. The van der Waals surface area contributed by atoms with Crippen molar-refractivity contribution < 1.29 is 9.66 Å². The number of nitrogens with one attached hydrogen (secondary N) is 1. The van der Waals surface area contributed by atoms with Crippen LogP contribution in [0.3, 0.4) is 0 Å². The van der Waals surface area contributed by atoms with E-state index in [1.165, 1.54) is 5.56 Å². The molecule has 6 nitrogen and oxygen atoms in total. The first-order chi connectivity index (χ1) is 11.6. The molecule has 1 heterocycles. The van der Waals surface area contributed by atoms with Crippen LogP contribution < -0.4 is 10.2 Å². The molecule has 0 saturated carbocycles. The van der Waals surface area contributed by atoms with Crippen LogP contribution in [0.1, 0.15) is 11.1 Å². The smallest absolute Gasteiger partial charge is 0.292 e. The molecule has 6 heteroatoms. The largest absolute Gasteiger partial charge is 0.381 e. The van der Waals surface area contributed by atoms with Crippen LogP contribution in [0.5, 0.6) is 0 Å². The molecule has 0 bridgehead atoms. The van der Waals surface area contributed by atoms with Gasteiger partial charge in [0.05, 0.1) is 18.1 Å². The Morgan fingerprint density at radius 3 is 2.71 bits per heavy atom. The van der Waals surface area contributed by atoms with E-state index in [4.69, 9.17) is 4.74 Å². The first-order valence-electron chi connectivity index (χ1n) is 8.04. The summed E-state index contributed by atoms with van der Waals surface area (Å²) in [6.45, 7) is 5.16. The monoisotopic (exact) mass is 327 g/mol. The van der Waals surface area contributed by atoms with E-state index in [2.05, 4.69) is 11.4 Å². The van der Waals surface area contributed by atoms with Crippen LogP contribution in [-0.2, 0) is 11.3 Å². The Balaban J connectivity index is 1.77. The molecule has 24 heavy (non-hydrogen) atoms. The molecule has 2 aromatic carbocycles. The van der Waals surface area contributed by atoms with Gasteiger partial charge in [0.15, 0.2) is 0 Å². The third-order valence-corrected chi connectivity index (χ3v) is 4.10. The van der Waals surface area contributed by atoms with Gasteiger partial charge < -0.3 is 15.0 Å². The normalized spacial score (nSPS) is 14.5. The van der Waals surface area contributed by atoms with Gasteiger partial charge in [0, 0.05) is 31.4 Å². The van der Waals surface area contributed by atoms with Crippen molar-refractivity contribution in [2.45, 2.75) is 13.5 Å². The summed E-state index contributed by atoms with van der Waals surface area (Å²) in [6, 6.07) is 13.5. The lowest BCUT2D eigenvalue weighted by Crippen LogP contribution is -2.36. The second-order valence-corrected chi connectivity index (χ2v) is 5.90. The Bertz CT molecular complexity index is 727. The van der Waals surface area contributed by atoms with Gasteiger partial charge in [0.1, 0.15) is 5.69 Å². The third-order valence-electron chi connectivity index (χ3n) is 4.10. The highest BCUT2D eigenvalue weighted by Gasteiger charge is 2.21. The molecule has 1 fully saturated rings. The highest BCUT2D eigenvalue weighted by Crippen LogP contribution is 2.30. The molecule has 0 amide bonds. The topological polar surface area (TPSA) is 67.6 Å². The number of nitro groups is 1. The summed E-state index contributed by atoms with van der Waals surface area (Å²) in [5.41, 5.74) is 3.90. The van der Waals surface area contributed by atoms with E-state index >= 15 is 0 Å². The number of anilines is 2. The Kier molecular flexibility index (Phi) is 4.96. The molecule has 0 unspecified atom stereocenters. The average molecular weight is 327 g/mol. The molecule has 0 atom stereocenters. The molecule has 0 aromatic heterocycles. The number of nitrogens with zero attached hydrogens (tertiary/aromatic N) is 2. The number of aryl methyl sites for hydroxylation is 1. The zero-order valence-electron chi connectivity index (χ0n) is 13.7. The van der Waals surface area contributed by atoms with Gasteiger partial charge >= 0.3 is 0 Å². The first kappa shape index (κ1) is 16.3. The molecule has 1 saturated heterocycles. The van der Waals surface area contributed by atoms with Crippen molar-refractivity contribution in [1.29, 1.82) is 0 Å². The minimum atomic E-state index is -0.305. The van der Waals surface area contributed by atoms with Gasteiger partial charge in [0.2, 0.25) is 0 Å². The molecule has 2 aromatic rings. The van der Waals surface area contributed by atoms with E-state index in [0.29, 0.717) is 38.5 Å². The second-order valence-electron chi connectivity index (χ2n) is 5.90. The van der Waals surface area contributed by atoms with E-state index in [9.17, 15) is 10.1 Å². The molecule has 0 aliphatic carbocycles. The molecule has 126 valence electrons. The molecule has 1 aliphatic rings. The molecule has 1 aliphatic heterocycles. The number of hydrogen-bond donors (Lipinski definition) is 1. The third kappa shape index (κ3) is 3.83. The molecule has 0 spiro atoms. The zero-order valence-corrected chi connectivity index (χ0v) is 13.7. The minimum absolute atomic E-state index is 0.153. The first-order valence-corrected chi connectivity index (χ1v) is 8.04. The molecule has 3 rings (SSSR count). The van der Waals surface area contributed by atoms with Gasteiger partial charge in [-0.15, -0.1) is 0 Å². The van der Waals surface area contributed by atoms with Gasteiger partial charge in [0.25, 0.3) is 5.69 Å². The summed E-state index contributed by atoms with van der Waals surface area (Å²) in [5, 5.41) is 14.8. The van der Waals surface area contributed by atoms with Crippen LogP contribution in [0.15, 0.2) is 42.5 Å². The van der Waals surface area contributed by atoms with E-state index in [0.717, 1.165) is 11.3 Å². The molecule has 0 radical (unpaired) electrons. The van der Waals surface area contributed by atoms with Gasteiger partial charge in [-0.2, -0.15) is 0 Å². The number of benzene rings is 2. The summed E-state index contributed by atoms with van der Waals surface area (Å²) in [5.74, 6) is 0. The van der Waals surface area contributed by atoms with Crippen molar-refractivity contribution in [3.8, 4) is 0 Å². The van der Waals surface area contributed by atoms with Gasteiger partial charge in [-0.25, -0.2) is 0 Å². The van der Waals surface area contributed by atoms with Crippen LogP contribution in [0.2, 0.25) is 0 Å². The van der Waals surface area contributed by atoms with Crippen LogP contribution in [0.4, 0.5) is 17.1 Å². The van der Waals surface area contributed by atoms with Gasteiger partial charge in [-0.1, -0.05) is 18.2 Å². The fraction of sp³-hybridized carbons (Fsp3) is 0.333. The Morgan fingerprint density at radius 2 is 2.00 bits per heavy atom. The van der Waals surface area contributed by atoms with E-state index < -0.39 is 0 Å². The average Bonchev–Trinajstić information content (AvgIpc) is 2.60. The number of morpholine rings is 1. The zero-order chi connectivity index (χ0) is 16.9. The maximum atomic E-state index is 11.5. The van der Waals surface area contributed by atoms with Crippen molar-refractivity contribution in [2.24, 2.45) is 0 Å². The predicted molar refractivity (Wildman–Crippen MR) is 94.6 cm³/mol. The van der Waals surface area contributed by atoms with Crippen molar-refractivity contribution in [1.82, 2.24) is 0 Å². The fourth-order valence-electron chi connectivity index (χ4n) is 2.86. The van der Waals surface area contributed by atoms with Gasteiger partial charge in [-0.3, -0.25) is 10.1 Å².